The minimum absolute atomic E-state index is 0.745. The molecule has 0 aromatic rings. The van der Waals surface area contributed by atoms with E-state index in [1.165, 1.54) is 56.7 Å². The minimum atomic E-state index is -1.66. The van der Waals surface area contributed by atoms with E-state index in [0.29, 0.717) is 0 Å². The molecule has 0 spiro atoms. The highest BCUT2D eigenvalue weighted by Crippen LogP contribution is 2.31. The first-order valence-electron chi connectivity index (χ1n) is 8.07. The summed E-state index contributed by atoms with van der Waals surface area (Å²) in [5.41, 5.74) is 0. The molecular formula is C16H34O2Si. The summed E-state index contributed by atoms with van der Waals surface area (Å²) in [6.07, 6.45) is 9.62. The molecule has 0 amide bonds. The second-order valence-corrected chi connectivity index (χ2v) is 9.48. The van der Waals surface area contributed by atoms with Crippen LogP contribution in [-0.2, 0) is 9.16 Å². The lowest BCUT2D eigenvalue weighted by molar-refractivity contribution is 0.141. The second kappa shape index (κ2) is 11.4. The monoisotopic (exact) mass is 286 g/mol. The van der Waals surface area contributed by atoms with Gasteiger partial charge in [0.05, 0.1) is 7.11 Å². The van der Waals surface area contributed by atoms with Crippen molar-refractivity contribution in [2.75, 3.05) is 7.11 Å². The highest BCUT2D eigenvalue weighted by Gasteiger charge is 2.35. The molecule has 0 radical (unpaired) electrons. The highest BCUT2D eigenvalue weighted by atomic mass is 28.4. The summed E-state index contributed by atoms with van der Waals surface area (Å²) in [6, 6.07) is 3.85. The first kappa shape index (κ1) is 18.6. The fourth-order valence-electron chi connectivity index (χ4n) is 2.46. The van der Waals surface area contributed by atoms with E-state index in [2.05, 4.69) is 20.8 Å². The van der Waals surface area contributed by atoms with Crippen LogP contribution >= 0.6 is 0 Å². The van der Waals surface area contributed by atoms with Crippen LogP contribution in [0.5, 0.6) is 0 Å². The molecule has 0 heterocycles. The van der Waals surface area contributed by atoms with E-state index >= 15 is 0 Å². The standard InChI is InChI=1S/C16H34O2Si/c1-6-10-13-19(14-11-7-2,15-12-8-3)18-16(9-4)17-5/h9H,6-8,10-15H2,1-5H3/b16-9-. The van der Waals surface area contributed by atoms with E-state index in [9.17, 15) is 0 Å². The molecule has 0 rings (SSSR count). The van der Waals surface area contributed by atoms with E-state index in [1.807, 2.05) is 13.0 Å². The largest absolute Gasteiger partial charge is 0.519 e. The topological polar surface area (TPSA) is 18.5 Å². The number of ether oxygens (including phenoxy) is 1. The van der Waals surface area contributed by atoms with Gasteiger partial charge in [0.25, 0.3) is 14.3 Å². The van der Waals surface area contributed by atoms with Gasteiger partial charge in [-0.05, 0) is 31.1 Å². The Morgan fingerprint density at radius 1 is 0.895 bits per heavy atom. The van der Waals surface area contributed by atoms with Crippen molar-refractivity contribution in [3.8, 4) is 0 Å². The van der Waals surface area contributed by atoms with Crippen molar-refractivity contribution in [2.24, 2.45) is 0 Å². The van der Waals surface area contributed by atoms with Crippen molar-refractivity contribution in [3.05, 3.63) is 12.0 Å². The molecule has 0 aliphatic carbocycles. The predicted molar refractivity (Wildman–Crippen MR) is 86.8 cm³/mol. The van der Waals surface area contributed by atoms with Crippen LogP contribution in [0.4, 0.5) is 0 Å². The van der Waals surface area contributed by atoms with Crippen LogP contribution in [0, 0.1) is 0 Å². The molecule has 0 unspecified atom stereocenters. The van der Waals surface area contributed by atoms with Gasteiger partial charge in [-0.2, -0.15) is 0 Å². The van der Waals surface area contributed by atoms with Crippen LogP contribution in [0.1, 0.15) is 66.2 Å². The van der Waals surface area contributed by atoms with Crippen LogP contribution in [-0.4, -0.2) is 15.4 Å². The van der Waals surface area contributed by atoms with E-state index in [1.54, 1.807) is 7.11 Å². The molecule has 3 heteroatoms. The third kappa shape index (κ3) is 7.66. The molecule has 0 saturated heterocycles. The van der Waals surface area contributed by atoms with Crippen LogP contribution < -0.4 is 0 Å². The second-order valence-electron chi connectivity index (χ2n) is 5.41. The molecule has 0 fully saturated rings. The molecule has 0 aliphatic heterocycles. The molecule has 19 heavy (non-hydrogen) atoms. The molecule has 0 atom stereocenters. The average molecular weight is 287 g/mol. The number of methoxy groups -OCH3 is 1. The van der Waals surface area contributed by atoms with E-state index in [4.69, 9.17) is 9.16 Å². The SMILES string of the molecule is C/C=C(/OC)O[Si](CCCC)(CCCC)CCCC. The molecule has 0 aromatic heterocycles. The van der Waals surface area contributed by atoms with Crippen molar-refractivity contribution in [1.82, 2.24) is 0 Å². The smallest absolute Gasteiger partial charge is 0.260 e. The van der Waals surface area contributed by atoms with Crippen LogP contribution in [0.25, 0.3) is 0 Å². The summed E-state index contributed by atoms with van der Waals surface area (Å²) in [4.78, 5) is 0. The first-order chi connectivity index (χ1) is 9.17. The van der Waals surface area contributed by atoms with Crippen molar-refractivity contribution in [2.45, 2.75) is 84.4 Å². The fourth-order valence-corrected chi connectivity index (χ4v) is 7.13. The molecule has 0 saturated carbocycles. The molecular weight excluding hydrogens is 252 g/mol. The number of rotatable bonds is 12. The number of hydrogen-bond acceptors (Lipinski definition) is 2. The highest BCUT2D eigenvalue weighted by molar-refractivity contribution is 6.74. The Labute approximate surface area is 121 Å². The zero-order valence-corrected chi connectivity index (χ0v) is 14.8. The number of hydrogen-bond donors (Lipinski definition) is 0. The van der Waals surface area contributed by atoms with Gasteiger partial charge in [0.2, 0.25) is 0 Å². The van der Waals surface area contributed by atoms with Crippen LogP contribution in [0.15, 0.2) is 12.0 Å². The van der Waals surface area contributed by atoms with E-state index < -0.39 is 8.32 Å². The summed E-state index contributed by atoms with van der Waals surface area (Å²) in [5, 5.41) is 0. The summed E-state index contributed by atoms with van der Waals surface area (Å²) >= 11 is 0. The van der Waals surface area contributed by atoms with Gasteiger partial charge in [0.1, 0.15) is 0 Å². The van der Waals surface area contributed by atoms with Gasteiger partial charge < -0.3 is 9.16 Å². The van der Waals surface area contributed by atoms with Gasteiger partial charge in [0, 0.05) is 0 Å². The van der Waals surface area contributed by atoms with Gasteiger partial charge in [0.15, 0.2) is 0 Å². The van der Waals surface area contributed by atoms with E-state index in [0.717, 1.165) is 5.95 Å². The Kier molecular flexibility index (Phi) is 11.1. The van der Waals surface area contributed by atoms with Crippen LogP contribution in [0.2, 0.25) is 18.1 Å². The third-order valence-electron chi connectivity index (χ3n) is 3.71. The minimum Gasteiger partial charge on any atom is -0.519 e. The summed E-state index contributed by atoms with van der Waals surface area (Å²) in [5.74, 6) is 0.745. The van der Waals surface area contributed by atoms with Gasteiger partial charge in [-0.15, -0.1) is 0 Å². The van der Waals surface area contributed by atoms with Gasteiger partial charge in [-0.1, -0.05) is 59.3 Å². The average Bonchev–Trinajstić information content (AvgIpc) is 2.45. The number of allylic oxidation sites excluding steroid dienone is 1. The summed E-state index contributed by atoms with van der Waals surface area (Å²) in [6.45, 7) is 8.81. The Balaban J connectivity index is 4.85. The molecule has 0 N–H and O–H groups in total. The molecule has 0 aliphatic rings. The Bertz CT molecular complexity index is 217. The zero-order valence-electron chi connectivity index (χ0n) is 13.8. The lowest BCUT2D eigenvalue weighted by Gasteiger charge is -2.32. The Morgan fingerprint density at radius 2 is 1.32 bits per heavy atom. The predicted octanol–water partition coefficient (Wildman–Crippen LogP) is 5.86. The van der Waals surface area contributed by atoms with Crippen molar-refractivity contribution in [1.29, 1.82) is 0 Å². The van der Waals surface area contributed by atoms with Gasteiger partial charge >= 0.3 is 0 Å². The van der Waals surface area contributed by atoms with Crippen molar-refractivity contribution in [3.63, 3.8) is 0 Å². The van der Waals surface area contributed by atoms with Crippen LogP contribution in [0.3, 0.4) is 0 Å². The fraction of sp³-hybridized carbons (Fsp3) is 0.875. The summed E-state index contributed by atoms with van der Waals surface area (Å²) < 4.78 is 11.8. The molecule has 0 aromatic carbocycles. The first-order valence-corrected chi connectivity index (χ1v) is 10.6. The zero-order chi connectivity index (χ0) is 14.6. The van der Waals surface area contributed by atoms with E-state index in [-0.39, 0.29) is 0 Å². The lowest BCUT2D eigenvalue weighted by atomic mass is 10.4. The summed E-state index contributed by atoms with van der Waals surface area (Å²) in [7, 11) is 0.0595. The maximum Gasteiger partial charge on any atom is 0.260 e. The normalized spacial score (nSPS) is 12.6. The Morgan fingerprint density at radius 3 is 1.58 bits per heavy atom. The van der Waals surface area contributed by atoms with Crippen molar-refractivity contribution >= 4 is 8.32 Å². The van der Waals surface area contributed by atoms with Gasteiger partial charge in [-0.25, -0.2) is 0 Å². The van der Waals surface area contributed by atoms with Gasteiger partial charge in [-0.3, -0.25) is 0 Å². The maximum absolute atomic E-state index is 6.42. The Hall–Kier alpha value is -0.443. The third-order valence-corrected chi connectivity index (χ3v) is 8.14. The maximum atomic E-state index is 6.42. The molecule has 114 valence electrons. The lowest BCUT2D eigenvalue weighted by Crippen LogP contribution is -2.38. The van der Waals surface area contributed by atoms with Crippen molar-refractivity contribution < 1.29 is 9.16 Å². The quantitative estimate of drug-likeness (QED) is 0.330. The molecule has 2 nitrogen and oxygen atoms in total. The number of unbranched alkanes of at least 4 members (excludes halogenated alkanes) is 3. The molecule has 0 bridgehead atoms.